The zero-order valence-electron chi connectivity index (χ0n) is 12.4. The van der Waals surface area contributed by atoms with Crippen molar-refractivity contribution in [3.63, 3.8) is 0 Å². The largest absolute Gasteiger partial charge is 0.346 e. The van der Waals surface area contributed by atoms with Crippen LogP contribution in [0.4, 0.5) is 11.4 Å². The van der Waals surface area contributed by atoms with Gasteiger partial charge < -0.3 is 15.5 Å². The quantitative estimate of drug-likeness (QED) is 0.909. The van der Waals surface area contributed by atoms with E-state index in [4.69, 9.17) is 5.73 Å². The summed E-state index contributed by atoms with van der Waals surface area (Å²) in [5, 5.41) is 0. The fourth-order valence-electron chi connectivity index (χ4n) is 3.00. The van der Waals surface area contributed by atoms with Crippen LogP contribution in [0.15, 0.2) is 54.6 Å². The first-order chi connectivity index (χ1) is 10.3. The van der Waals surface area contributed by atoms with Gasteiger partial charge in [0.2, 0.25) is 0 Å². The van der Waals surface area contributed by atoms with E-state index in [2.05, 4.69) is 78.0 Å². The maximum Gasteiger partial charge on any atom is 0.142 e. The van der Waals surface area contributed by atoms with Crippen molar-refractivity contribution in [2.45, 2.75) is 19.4 Å². The first kappa shape index (κ1) is 14.0. The summed E-state index contributed by atoms with van der Waals surface area (Å²) in [6.07, 6.45) is 0.937. The molecule has 1 atom stereocenters. The molecule has 3 heteroatoms. The molecule has 0 bridgehead atoms. The summed E-state index contributed by atoms with van der Waals surface area (Å²) in [5.41, 5.74) is 9.72. The lowest BCUT2D eigenvalue weighted by molar-refractivity contribution is 0.619. The molecule has 2 aromatic rings. The average Bonchev–Trinajstić information content (AvgIpc) is 2.92. The molecule has 3 nitrogen and oxygen atoms in total. The first-order valence-electron chi connectivity index (χ1n) is 7.59. The normalized spacial score (nSPS) is 15.1. The Hall–Kier alpha value is -2.00. The van der Waals surface area contributed by atoms with Crippen LogP contribution in [0.5, 0.6) is 0 Å². The van der Waals surface area contributed by atoms with Crippen LogP contribution in [0.2, 0.25) is 0 Å². The molecule has 1 radical (unpaired) electrons. The molecule has 109 valence electrons. The minimum absolute atomic E-state index is 0.286. The van der Waals surface area contributed by atoms with Gasteiger partial charge in [-0.25, -0.2) is 0 Å². The van der Waals surface area contributed by atoms with Crippen LogP contribution in [0.3, 0.4) is 0 Å². The number of benzene rings is 2. The molecule has 1 aliphatic heterocycles. The third kappa shape index (κ3) is 2.61. The highest BCUT2D eigenvalue weighted by molar-refractivity contribution is 5.79. The molecule has 21 heavy (non-hydrogen) atoms. The number of nitrogens with two attached hydrogens (primary N) is 1. The minimum Gasteiger partial charge on any atom is -0.346 e. The maximum atomic E-state index is 5.87. The molecule has 0 spiro atoms. The van der Waals surface area contributed by atoms with Gasteiger partial charge in [0.25, 0.3) is 0 Å². The number of nitrogens with zero attached hydrogens (tertiary/aromatic N) is 2. The maximum absolute atomic E-state index is 5.87. The van der Waals surface area contributed by atoms with E-state index < -0.39 is 0 Å². The summed E-state index contributed by atoms with van der Waals surface area (Å²) in [5.74, 6) is 0. The minimum atomic E-state index is 0.286. The van der Waals surface area contributed by atoms with Crippen LogP contribution in [0.25, 0.3) is 0 Å². The first-order valence-corrected chi connectivity index (χ1v) is 7.59. The van der Waals surface area contributed by atoms with Crippen LogP contribution in [-0.2, 0) is 0 Å². The van der Waals surface area contributed by atoms with Gasteiger partial charge in [0, 0.05) is 6.54 Å². The van der Waals surface area contributed by atoms with E-state index in [-0.39, 0.29) is 6.04 Å². The molecule has 0 fully saturated rings. The second kappa shape index (κ2) is 6.19. The van der Waals surface area contributed by atoms with Gasteiger partial charge in [0.1, 0.15) is 6.67 Å². The summed E-state index contributed by atoms with van der Waals surface area (Å²) >= 11 is 0. The van der Waals surface area contributed by atoms with E-state index in [0.29, 0.717) is 6.54 Å². The van der Waals surface area contributed by atoms with Gasteiger partial charge in [-0.05, 0) is 37.6 Å². The highest BCUT2D eigenvalue weighted by Gasteiger charge is 2.30. The highest BCUT2D eigenvalue weighted by Crippen LogP contribution is 2.43. The molecule has 0 saturated heterocycles. The lowest BCUT2D eigenvalue weighted by Crippen LogP contribution is -2.30. The van der Waals surface area contributed by atoms with Crippen LogP contribution in [0, 0.1) is 6.67 Å². The smallest absolute Gasteiger partial charge is 0.142 e. The SMILES string of the molecule is CCN1[CH]N([C@H](CCN)c2ccccc2)c2ccccc21. The molecular formula is C18H22N3. The fraction of sp³-hybridized carbons (Fsp3) is 0.278. The number of anilines is 2. The lowest BCUT2D eigenvalue weighted by atomic mass is 10.0. The Morgan fingerprint density at radius 1 is 0.952 bits per heavy atom. The van der Waals surface area contributed by atoms with E-state index in [9.17, 15) is 0 Å². The third-order valence-corrected chi connectivity index (χ3v) is 4.03. The molecule has 2 aromatic carbocycles. The molecule has 3 rings (SSSR count). The standard InChI is InChI=1S/C18H22N3/c1-2-20-14-21(18-11-7-6-10-17(18)20)16(12-13-19)15-8-4-3-5-9-15/h3-11,14,16H,2,12-13,19H2,1H3/t16-/m1/s1. The summed E-state index contributed by atoms with van der Waals surface area (Å²) in [4.78, 5) is 4.66. The Balaban J connectivity index is 1.98. The summed E-state index contributed by atoms with van der Waals surface area (Å²) in [7, 11) is 0. The van der Waals surface area contributed by atoms with E-state index in [1.54, 1.807) is 0 Å². The number of hydrogen-bond acceptors (Lipinski definition) is 3. The van der Waals surface area contributed by atoms with Crippen LogP contribution >= 0.6 is 0 Å². The second-order valence-electron chi connectivity index (χ2n) is 5.30. The zero-order valence-corrected chi connectivity index (χ0v) is 12.4. The molecule has 0 aliphatic carbocycles. The van der Waals surface area contributed by atoms with Crippen LogP contribution in [0.1, 0.15) is 24.9 Å². The molecule has 0 aromatic heterocycles. The topological polar surface area (TPSA) is 32.5 Å². The molecule has 1 heterocycles. The molecular weight excluding hydrogens is 258 g/mol. The van der Waals surface area contributed by atoms with Gasteiger partial charge in [-0.1, -0.05) is 42.5 Å². The van der Waals surface area contributed by atoms with Crippen molar-refractivity contribution in [3.05, 3.63) is 66.8 Å². The van der Waals surface area contributed by atoms with Gasteiger partial charge in [-0.2, -0.15) is 0 Å². The molecule has 1 aliphatic rings. The van der Waals surface area contributed by atoms with Crippen molar-refractivity contribution < 1.29 is 0 Å². The summed E-state index contributed by atoms with van der Waals surface area (Å²) < 4.78 is 0. The Morgan fingerprint density at radius 3 is 2.29 bits per heavy atom. The lowest BCUT2D eigenvalue weighted by Gasteiger charge is -2.30. The van der Waals surface area contributed by atoms with Crippen molar-refractivity contribution >= 4 is 11.4 Å². The van der Waals surface area contributed by atoms with E-state index in [0.717, 1.165) is 13.0 Å². The van der Waals surface area contributed by atoms with E-state index in [1.165, 1.54) is 16.9 Å². The van der Waals surface area contributed by atoms with Gasteiger partial charge in [-0.15, -0.1) is 0 Å². The Bertz CT molecular complexity index is 582. The van der Waals surface area contributed by atoms with Crippen LogP contribution < -0.4 is 15.5 Å². The van der Waals surface area contributed by atoms with Gasteiger partial charge in [0.15, 0.2) is 0 Å². The number of rotatable bonds is 5. The molecule has 0 unspecified atom stereocenters. The summed E-state index contributed by atoms with van der Waals surface area (Å²) in [6, 6.07) is 19.5. The number of para-hydroxylation sites is 2. The van der Waals surface area contributed by atoms with Crippen molar-refractivity contribution in [2.75, 3.05) is 22.9 Å². The summed E-state index contributed by atoms with van der Waals surface area (Å²) in [6.45, 7) is 6.05. The van der Waals surface area contributed by atoms with Crippen molar-refractivity contribution in [3.8, 4) is 0 Å². The van der Waals surface area contributed by atoms with E-state index in [1.807, 2.05) is 0 Å². The highest BCUT2D eigenvalue weighted by atomic mass is 15.4. The van der Waals surface area contributed by atoms with Gasteiger partial charge in [0.05, 0.1) is 17.4 Å². The van der Waals surface area contributed by atoms with Crippen molar-refractivity contribution in [2.24, 2.45) is 5.73 Å². The van der Waals surface area contributed by atoms with E-state index >= 15 is 0 Å². The van der Waals surface area contributed by atoms with Crippen molar-refractivity contribution in [1.29, 1.82) is 0 Å². The van der Waals surface area contributed by atoms with Crippen LogP contribution in [-0.4, -0.2) is 13.1 Å². The molecule has 2 N–H and O–H groups in total. The second-order valence-corrected chi connectivity index (χ2v) is 5.30. The Kier molecular flexibility index (Phi) is 4.11. The van der Waals surface area contributed by atoms with Crippen molar-refractivity contribution in [1.82, 2.24) is 0 Å². The monoisotopic (exact) mass is 280 g/mol. The molecule has 0 saturated carbocycles. The third-order valence-electron chi connectivity index (χ3n) is 4.03. The Morgan fingerprint density at radius 2 is 1.62 bits per heavy atom. The fourth-order valence-corrected chi connectivity index (χ4v) is 3.00. The van der Waals surface area contributed by atoms with Gasteiger partial charge in [-0.3, -0.25) is 0 Å². The predicted octanol–water partition coefficient (Wildman–Crippen LogP) is 3.54. The predicted molar refractivity (Wildman–Crippen MR) is 89.1 cm³/mol. The van der Waals surface area contributed by atoms with Gasteiger partial charge >= 0.3 is 0 Å². The molecule has 0 amide bonds. The average molecular weight is 280 g/mol. The number of fused-ring (bicyclic) bond motifs is 1. The Labute approximate surface area is 127 Å². The number of hydrogen-bond donors (Lipinski definition) is 1. The zero-order chi connectivity index (χ0) is 14.7.